The number of nitrogens with two attached hydrogens (primary N) is 2. The molecule has 0 aliphatic carbocycles. The smallest absolute Gasteiger partial charge is 0.310 e. The number of carbonyl (C=O) groups excluding carboxylic acids is 2. The number of alkyl halides is 2. The summed E-state index contributed by atoms with van der Waals surface area (Å²) in [6.07, 6.45) is 17.8. The molecule has 5 aromatic heterocycles. The molecule has 0 unspecified atom stereocenters. The first-order valence-electron chi connectivity index (χ1n) is 33.8. The van der Waals surface area contributed by atoms with Gasteiger partial charge in [-0.2, -0.15) is 20.5 Å². The van der Waals surface area contributed by atoms with E-state index in [1.54, 1.807) is 37.1 Å². The van der Waals surface area contributed by atoms with Crippen LogP contribution in [0, 0.1) is 39.2 Å². The van der Waals surface area contributed by atoms with Gasteiger partial charge in [0.2, 0.25) is 0 Å². The van der Waals surface area contributed by atoms with Gasteiger partial charge < -0.3 is 36.4 Å². The maximum atomic E-state index is 12.1. The number of H-pyrrole nitrogens is 3. The Labute approximate surface area is 654 Å². The lowest BCUT2D eigenvalue weighted by Gasteiger charge is -2.10. The molecule has 15 aromatic rings. The predicted molar refractivity (Wildman–Crippen MR) is 442 cm³/mol. The fraction of sp³-hybridized carbons (Fsp3) is 0.167. The van der Waals surface area contributed by atoms with E-state index in [0.717, 1.165) is 144 Å². The van der Waals surface area contributed by atoms with Crippen LogP contribution < -0.4 is 32.9 Å². The third kappa shape index (κ3) is 20.5. The molecule has 24 heteroatoms. The molecule has 5 heterocycles. The molecule has 10 aromatic carbocycles. The highest BCUT2D eigenvalue weighted by molar-refractivity contribution is 6.40. The third-order valence-corrected chi connectivity index (χ3v) is 18.5. The lowest BCUT2D eigenvalue weighted by atomic mass is 9.96. The molecule has 546 valence electrons. The molecule has 0 atom stereocenters. The van der Waals surface area contributed by atoms with E-state index < -0.39 is 11.9 Å². The van der Waals surface area contributed by atoms with Gasteiger partial charge in [-0.25, -0.2) is 0 Å². The van der Waals surface area contributed by atoms with E-state index in [1.165, 1.54) is 31.2 Å². The zero-order valence-electron chi connectivity index (χ0n) is 58.4. The molecule has 0 fully saturated rings. The summed E-state index contributed by atoms with van der Waals surface area (Å²) in [6, 6.07) is 54.7. The third-order valence-electron chi connectivity index (χ3n) is 17.3. The minimum absolute atomic E-state index is 0.0832. The van der Waals surface area contributed by atoms with Gasteiger partial charge in [0.25, 0.3) is 16.7 Å². The number of benzene rings is 10. The van der Waals surface area contributed by atoms with Crippen molar-refractivity contribution in [1.82, 2.24) is 19.9 Å². The van der Waals surface area contributed by atoms with E-state index in [0.29, 0.717) is 81.4 Å². The van der Waals surface area contributed by atoms with Crippen molar-refractivity contribution in [3.05, 3.63) is 284 Å². The SMILES string of the molecule is CC(=O)OC(C)=O.ClCCl.N#CCCc1cc2cc[n+]([O-])cc2c2cc(Cl)ccc12.N#CCCc1cc2cc[nH]c(=O)c2c2cc(Cl)ccc12.N#CCCc1cc2ccncc2c2cc(Cl)ccc12.NCCCc1cc2cc[nH]c(=O)c2c2cc(Cl)ccc12.NCCc1cc2cc[nH]c(=O)c2c2cc(Cl)ccc12. The van der Waals surface area contributed by atoms with Crippen molar-refractivity contribution in [2.24, 2.45) is 11.5 Å². The van der Waals surface area contributed by atoms with Crippen LogP contribution in [-0.2, 0) is 46.4 Å². The predicted octanol–water partition coefficient (Wildman–Crippen LogP) is 19.6. The van der Waals surface area contributed by atoms with Crippen molar-refractivity contribution in [3.63, 3.8) is 0 Å². The van der Waals surface area contributed by atoms with E-state index in [-0.39, 0.29) is 22.0 Å². The van der Waals surface area contributed by atoms with Crippen LogP contribution in [0.2, 0.25) is 25.1 Å². The molecule has 7 N–H and O–H groups in total. The molecule has 0 bridgehead atoms. The normalized spacial score (nSPS) is 10.6. The van der Waals surface area contributed by atoms with Gasteiger partial charge in [0.15, 0.2) is 12.4 Å². The minimum Gasteiger partial charge on any atom is -0.619 e. The molecule has 0 saturated carbocycles. The number of hydrogen-bond acceptors (Lipinski definition) is 13. The number of carbonyl (C=O) groups is 2. The van der Waals surface area contributed by atoms with E-state index in [1.807, 2.05) is 140 Å². The van der Waals surface area contributed by atoms with Crippen LogP contribution in [0.15, 0.2) is 209 Å². The van der Waals surface area contributed by atoms with E-state index in [9.17, 15) is 29.2 Å². The van der Waals surface area contributed by atoms with Crippen LogP contribution in [0.3, 0.4) is 0 Å². The van der Waals surface area contributed by atoms with Gasteiger partial charge in [0.05, 0.1) is 45.1 Å². The zero-order chi connectivity index (χ0) is 77.6. The average Bonchev–Trinajstić information content (AvgIpc) is 0.765. The van der Waals surface area contributed by atoms with Crippen LogP contribution in [-0.4, -0.2) is 50.3 Å². The Kier molecular flexibility index (Phi) is 29.6. The molecule has 17 nitrogen and oxygen atoms in total. The van der Waals surface area contributed by atoms with Gasteiger partial charge in [-0.1, -0.05) is 119 Å². The lowest BCUT2D eigenvalue weighted by Crippen LogP contribution is -2.23. The molecule has 15 rings (SSSR count). The maximum absolute atomic E-state index is 12.1. The fourth-order valence-corrected chi connectivity index (χ4v) is 13.8. The van der Waals surface area contributed by atoms with E-state index in [4.69, 9.17) is 108 Å². The molecule has 0 saturated heterocycles. The Morgan fingerprint density at radius 2 is 0.769 bits per heavy atom. The number of rotatable bonds is 11. The van der Waals surface area contributed by atoms with Crippen molar-refractivity contribution in [2.45, 2.75) is 71.6 Å². The highest BCUT2D eigenvalue weighted by atomic mass is 35.5. The van der Waals surface area contributed by atoms with Crippen molar-refractivity contribution in [2.75, 3.05) is 18.4 Å². The number of halogens is 7. The number of esters is 2. The topological polar surface area (TPSA) is 305 Å². The second kappa shape index (κ2) is 39.2. The Balaban J connectivity index is 0.000000151. The molecular formula is C84H69Cl7N10O7. The largest absolute Gasteiger partial charge is 0.619 e. The van der Waals surface area contributed by atoms with Gasteiger partial charge in [-0.15, -0.1) is 23.2 Å². The van der Waals surface area contributed by atoms with Crippen molar-refractivity contribution < 1.29 is 19.1 Å². The molecule has 0 aliphatic rings. The number of nitriles is 3. The number of pyridine rings is 5. The molecule has 0 aliphatic heterocycles. The number of aromatic nitrogens is 5. The van der Waals surface area contributed by atoms with Crippen LogP contribution >= 0.6 is 81.2 Å². The first-order valence-corrected chi connectivity index (χ1v) is 36.8. The maximum Gasteiger partial charge on any atom is 0.310 e. The van der Waals surface area contributed by atoms with Crippen LogP contribution in [0.25, 0.3) is 108 Å². The first kappa shape index (κ1) is 81.4. The molecule has 108 heavy (non-hydrogen) atoms. The second-order valence-corrected chi connectivity index (χ2v) is 27.4. The van der Waals surface area contributed by atoms with Crippen molar-refractivity contribution >= 4 is 201 Å². The fourth-order valence-electron chi connectivity index (χ4n) is 12.9. The summed E-state index contributed by atoms with van der Waals surface area (Å²) in [5.41, 5.74) is 16.7. The zero-order valence-corrected chi connectivity index (χ0v) is 63.6. The monoisotopic (exact) mass is 1570 g/mol. The summed E-state index contributed by atoms with van der Waals surface area (Å²) < 4.78 is 4.76. The molecule has 0 spiro atoms. The Morgan fingerprint density at radius 3 is 1.12 bits per heavy atom. The van der Waals surface area contributed by atoms with E-state index in [2.05, 4.69) is 55.0 Å². The van der Waals surface area contributed by atoms with Gasteiger partial charge in [0.1, 0.15) is 0 Å². The highest BCUT2D eigenvalue weighted by Crippen LogP contribution is 2.36. The van der Waals surface area contributed by atoms with Crippen LogP contribution in [0.1, 0.15) is 67.3 Å². The number of nitrogens with one attached hydrogen (secondary N) is 3. The Morgan fingerprint density at radius 1 is 0.435 bits per heavy atom. The highest BCUT2D eigenvalue weighted by Gasteiger charge is 2.15. The summed E-state index contributed by atoms with van der Waals surface area (Å²) in [5.74, 6) is -1.12. The number of ether oxygens (including phenoxy) is 1. The number of aryl methyl sites for hydroxylation is 4. The summed E-state index contributed by atoms with van der Waals surface area (Å²) in [7, 11) is 0. The van der Waals surface area contributed by atoms with Gasteiger partial charge >= 0.3 is 11.9 Å². The summed E-state index contributed by atoms with van der Waals surface area (Å²) >= 11 is 39.9. The number of aromatic amines is 3. The van der Waals surface area contributed by atoms with Gasteiger partial charge in [0, 0.05) is 101 Å². The standard InChI is InChI=1S/C16H11ClN2O.C16H15ClN2O.C16H11ClN2O.C16H11ClN2.C15H13ClN2O.C4H6O3.CH2Cl2/c17-13-3-4-14-11(2-1-6-18)8-12-5-7-19(20)10-16(12)15(14)9-13;2*17-12-3-4-13-10(2-1-6-18)8-11-5-7-19-16(20)15(11)14(13)9-12;17-13-3-4-14-11(2-1-6-18)8-12-5-7-19-10-16(12)15(14)9-13;16-11-1-2-12-9(3-5-17)7-10-4-6-18-15(19)14(10)13(12)8-11;1-3(5)7-4(2)6;2-1-3/h3-5,7-10H,1-2H2;3-5,7-9H,1-2,6,18H2,(H,19,20);3-5,7-9H,1-2H2,(H,19,20);3-5,7-10H,1-2H2;1-2,4,6-8H,3,5,17H2,(H,18,19);1-2H3;1H2. The average molecular weight is 1580 g/mol. The first-order chi connectivity index (χ1) is 52.1. The van der Waals surface area contributed by atoms with Gasteiger partial charge in [-0.3, -0.25) is 29.0 Å². The van der Waals surface area contributed by atoms with Crippen molar-refractivity contribution in [1.29, 1.82) is 15.8 Å². The molecule has 0 radical (unpaired) electrons. The molecule has 0 amide bonds. The summed E-state index contributed by atoms with van der Waals surface area (Å²) in [6.45, 7) is 3.59. The van der Waals surface area contributed by atoms with Crippen LogP contribution in [0.4, 0.5) is 0 Å². The minimum atomic E-state index is -0.562. The molecular weight excluding hydrogens is 1510 g/mol. The van der Waals surface area contributed by atoms with Gasteiger partial charge in [-0.05, 0) is 245 Å². The number of nitrogens with zero attached hydrogens (tertiary/aromatic N) is 5. The second-order valence-electron chi connectivity index (χ2n) is 24.4. The quantitative estimate of drug-likeness (QED) is 0.0201. The Bertz CT molecular complexity index is 6180. The number of hydrogen-bond donors (Lipinski definition) is 5. The number of fused-ring (bicyclic) bond motifs is 15. The Hall–Kier alpha value is -10.7. The summed E-state index contributed by atoms with van der Waals surface area (Å²) in [4.78, 5) is 68.2. The van der Waals surface area contributed by atoms with E-state index >= 15 is 0 Å². The summed E-state index contributed by atoms with van der Waals surface area (Å²) in [5, 5.41) is 60.1. The van der Waals surface area contributed by atoms with Crippen molar-refractivity contribution in [3.8, 4) is 18.2 Å². The van der Waals surface area contributed by atoms with Crippen LogP contribution in [0.5, 0.6) is 0 Å². The lowest BCUT2D eigenvalue weighted by molar-refractivity contribution is -0.603.